The summed E-state index contributed by atoms with van der Waals surface area (Å²) in [7, 11) is 1.85. The number of ether oxygens (including phenoxy) is 1. The highest BCUT2D eigenvalue weighted by Crippen LogP contribution is 2.37. The molecule has 4 rings (SSSR count). The van der Waals surface area contributed by atoms with Crippen molar-refractivity contribution < 1.29 is 13.9 Å². The molecule has 0 N–H and O–H groups in total. The Bertz CT molecular complexity index is 972. The average Bonchev–Trinajstić information content (AvgIpc) is 3.13. The number of hydrogen-bond acceptors (Lipinski definition) is 5. The second-order valence-electron chi connectivity index (χ2n) is 6.72. The summed E-state index contributed by atoms with van der Waals surface area (Å²) in [5, 5.41) is 8.75. The number of amides is 1. The van der Waals surface area contributed by atoms with Crippen LogP contribution < -0.4 is 0 Å². The van der Waals surface area contributed by atoms with Crippen LogP contribution in [0.4, 0.5) is 4.39 Å². The molecule has 1 aliphatic heterocycles. The van der Waals surface area contributed by atoms with Crippen LogP contribution in [0, 0.1) is 5.82 Å². The fourth-order valence-corrected chi connectivity index (χ4v) is 4.30. The van der Waals surface area contributed by atoms with E-state index in [4.69, 9.17) is 4.74 Å². The standard InChI is InChI=1S/C21H21FN4O2S/c1-25-19(16-7-9-17(22)10-8-16)23-24-21(25)29-18(15-5-3-2-4-6-15)20(27)26-11-13-28-14-12-26/h2-10,18H,11-14H2,1H3/t18-/m0/s1. The zero-order valence-electron chi connectivity index (χ0n) is 16.0. The normalized spacial score (nSPS) is 15.3. The summed E-state index contributed by atoms with van der Waals surface area (Å²) in [6.07, 6.45) is 0. The molecule has 150 valence electrons. The Morgan fingerprint density at radius 3 is 2.45 bits per heavy atom. The molecule has 0 spiro atoms. The molecule has 1 amide bonds. The van der Waals surface area contributed by atoms with Crippen LogP contribution in [0.15, 0.2) is 59.8 Å². The highest BCUT2D eigenvalue weighted by Gasteiger charge is 2.30. The van der Waals surface area contributed by atoms with E-state index in [0.717, 1.165) is 11.1 Å². The summed E-state index contributed by atoms with van der Waals surface area (Å²) in [6, 6.07) is 15.8. The van der Waals surface area contributed by atoms with Crippen molar-refractivity contribution in [3.8, 4) is 11.4 Å². The first-order chi connectivity index (χ1) is 14.1. The van der Waals surface area contributed by atoms with Crippen LogP contribution >= 0.6 is 11.8 Å². The van der Waals surface area contributed by atoms with Gasteiger partial charge in [-0.05, 0) is 29.8 Å². The summed E-state index contributed by atoms with van der Waals surface area (Å²) in [5.41, 5.74) is 1.68. The Labute approximate surface area is 172 Å². The number of halogens is 1. The monoisotopic (exact) mass is 412 g/mol. The van der Waals surface area contributed by atoms with Gasteiger partial charge in [0, 0.05) is 25.7 Å². The molecule has 2 heterocycles. The second kappa shape index (κ2) is 8.75. The first-order valence-corrected chi connectivity index (χ1v) is 10.2. The van der Waals surface area contributed by atoms with Gasteiger partial charge >= 0.3 is 0 Å². The number of rotatable bonds is 5. The molecule has 1 aliphatic rings. The van der Waals surface area contributed by atoms with Gasteiger partial charge in [-0.1, -0.05) is 42.1 Å². The molecule has 0 saturated carbocycles. The molecule has 1 atom stereocenters. The van der Waals surface area contributed by atoms with E-state index in [2.05, 4.69) is 10.2 Å². The Kier molecular flexibility index (Phi) is 5.92. The van der Waals surface area contributed by atoms with Crippen LogP contribution in [0.2, 0.25) is 0 Å². The van der Waals surface area contributed by atoms with Crippen LogP contribution in [0.1, 0.15) is 10.8 Å². The molecule has 0 aliphatic carbocycles. The van der Waals surface area contributed by atoms with Crippen molar-refractivity contribution in [3.05, 3.63) is 66.0 Å². The number of nitrogens with zero attached hydrogens (tertiary/aromatic N) is 4. The first-order valence-electron chi connectivity index (χ1n) is 9.37. The predicted molar refractivity (Wildman–Crippen MR) is 109 cm³/mol. The van der Waals surface area contributed by atoms with Gasteiger partial charge in [0.2, 0.25) is 5.91 Å². The number of carbonyl (C=O) groups excluding carboxylic acids is 1. The van der Waals surface area contributed by atoms with Crippen molar-refractivity contribution in [1.82, 2.24) is 19.7 Å². The lowest BCUT2D eigenvalue weighted by molar-refractivity contribution is -0.134. The minimum Gasteiger partial charge on any atom is -0.378 e. The van der Waals surface area contributed by atoms with E-state index >= 15 is 0 Å². The Balaban J connectivity index is 1.62. The minimum absolute atomic E-state index is 0.0378. The van der Waals surface area contributed by atoms with Crippen molar-refractivity contribution in [2.75, 3.05) is 26.3 Å². The highest BCUT2D eigenvalue weighted by molar-refractivity contribution is 8.00. The first kappa shape index (κ1) is 19.6. The van der Waals surface area contributed by atoms with Crippen molar-refractivity contribution in [2.45, 2.75) is 10.4 Å². The van der Waals surface area contributed by atoms with Gasteiger partial charge in [0.1, 0.15) is 11.1 Å². The third-order valence-electron chi connectivity index (χ3n) is 4.81. The van der Waals surface area contributed by atoms with Gasteiger partial charge in [-0.3, -0.25) is 4.79 Å². The number of hydrogen-bond donors (Lipinski definition) is 0. The fourth-order valence-electron chi connectivity index (χ4n) is 3.21. The quantitative estimate of drug-likeness (QED) is 0.602. The van der Waals surface area contributed by atoms with Crippen LogP contribution in [0.3, 0.4) is 0 Å². The Morgan fingerprint density at radius 1 is 1.07 bits per heavy atom. The van der Waals surface area contributed by atoms with Gasteiger partial charge in [0.05, 0.1) is 13.2 Å². The van der Waals surface area contributed by atoms with E-state index in [1.165, 1.54) is 23.9 Å². The van der Waals surface area contributed by atoms with E-state index in [1.807, 2.05) is 46.8 Å². The SMILES string of the molecule is Cn1c(S[C@H](C(=O)N2CCOCC2)c2ccccc2)nnc1-c1ccc(F)cc1. The van der Waals surface area contributed by atoms with Crippen molar-refractivity contribution >= 4 is 17.7 Å². The highest BCUT2D eigenvalue weighted by atomic mass is 32.2. The molecule has 1 fully saturated rings. The van der Waals surface area contributed by atoms with Crippen LogP contribution in [0.5, 0.6) is 0 Å². The molecule has 0 bridgehead atoms. The Hall–Kier alpha value is -2.71. The van der Waals surface area contributed by atoms with E-state index in [1.54, 1.807) is 12.1 Å². The van der Waals surface area contributed by atoms with E-state index < -0.39 is 5.25 Å². The number of aromatic nitrogens is 3. The number of morpholine rings is 1. The number of carbonyl (C=O) groups is 1. The molecule has 0 unspecified atom stereocenters. The van der Waals surface area contributed by atoms with Gasteiger partial charge in [0.15, 0.2) is 11.0 Å². The smallest absolute Gasteiger partial charge is 0.240 e. The molecule has 1 aromatic heterocycles. The summed E-state index contributed by atoms with van der Waals surface area (Å²) in [6.45, 7) is 2.28. The van der Waals surface area contributed by atoms with Crippen LogP contribution in [-0.4, -0.2) is 51.9 Å². The van der Waals surface area contributed by atoms with Gasteiger partial charge in [-0.15, -0.1) is 10.2 Å². The van der Waals surface area contributed by atoms with Crippen LogP contribution in [0.25, 0.3) is 11.4 Å². The molecule has 3 aromatic rings. The summed E-state index contributed by atoms with van der Waals surface area (Å²) >= 11 is 1.37. The molecule has 8 heteroatoms. The lowest BCUT2D eigenvalue weighted by atomic mass is 10.1. The maximum Gasteiger partial charge on any atom is 0.240 e. The number of thioether (sulfide) groups is 1. The van der Waals surface area contributed by atoms with E-state index in [-0.39, 0.29) is 11.7 Å². The maximum atomic E-state index is 13.3. The maximum absolute atomic E-state index is 13.3. The zero-order chi connectivity index (χ0) is 20.2. The number of benzene rings is 2. The van der Waals surface area contributed by atoms with E-state index in [0.29, 0.717) is 37.3 Å². The lowest BCUT2D eigenvalue weighted by Gasteiger charge is -2.30. The zero-order valence-corrected chi connectivity index (χ0v) is 16.8. The molecule has 6 nitrogen and oxygen atoms in total. The molecule has 2 aromatic carbocycles. The third kappa shape index (κ3) is 4.33. The fraction of sp³-hybridized carbons (Fsp3) is 0.286. The third-order valence-corrected chi connectivity index (χ3v) is 6.09. The topological polar surface area (TPSA) is 60.2 Å². The van der Waals surface area contributed by atoms with Gasteiger partial charge in [-0.2, -0.15) is 0 Å². The molecular weight excluding hydrogens is 391 g/mol. The Morgan fingerprint density at radius 2 is 1.76 bits per heavy atom. The van der Waals surface area contributed by atoms with Gasteiger partial charge < -0.3 is 14.2 Å². The molecular formula is C21H21FN4O2S. The predicted octanol–water partition coefficient (Wildman–Crippen LogP) is 3.31. The van der Waals surface area contributed by atoms with Crippen LogP contribution in [-0.2, 0) is 16.6 Å². The largest absolute Gasteiger partial charge is 0.378 e. The lowest BCUT2D eigenvalue weighted by Crippen LogP contribution is -2.42. The molecule has 0 radical (unpaired) electrons. The van der Waals surface area contributed by atoms with E-state index in [9.17, 15) is 9.18 Å². The summed E-state index contributed by atoms with van der Waals surface area (Å²) in [4.78, 5) is 15.1. The minimum atomic E-state index is -0.432. The van der Waals surface area contributed by atoms with Gasteiger partial charge in [-0.25, -0.2) is 4.39 Å². The van der Waals surface area contributed by atoms with Crippen molar-refractivity contribution in [1.29, 1.82) is 0 Å². The van der Waals surface area contributed by atoms with Crippen molar-refractivity contribution in [2.24, 2.45) is 7.05 Å². The molecule has 29 heavy (non-hydrogen) atoms. The van der Waals surface area contributed by atoms with Gasteiger partial charge in [0.25, 0.3) is 0 Å². The summed E-state index contributed by atoms with van der Waals surface area (Å²) < 4.78 is 20.4. The molecule has 1 saturated heterocycles. The van der Waals surface area contributed by atoms with Crippen molar-refractivity contribution in [3.63, 3.8) is 0 Å². The average molecular weight is 412 g/mol. The second-order valence-corrected chi connectivity index (χ2v) is 7.79. The summed E-state index contributed by atoms with van der Waals surface area (Å²) in [5.74, 6) is 0.361.